The van der Waals surface area contributed by atoms with Gasteiger partial charge in [0.25, 0.3) is 0 Å². The van der Waals surface area contributed by atoms with Gasteiger partial charge in [-0.25, -0.2) is 12.8 Å². The van der Waals surface area contributed by atoms with Crippen LogP contribution in [0.15, 0.2) is 41.3 Å². The lowest BCUT2D eigenvalue weighted by Crippen LogP contribution is -2.41. The van der Waals surface area contributed by atoms with Crippen LogP contribution in [0.25, 0.3) is 0 Å². The van der Waals surface area contributed by atoms with Gasteiger partial charge in [0.2, 0.25) is 10.0 Å². The monoisotopic (exact) mass is 451 g/mol. The fourth-order valence-corrected chi connectivity index (χ4v) is 5.42. The van der Waals surface area contributed by atoms with E-state index in [2.05, 4.69) is 0 Å². The average molecular weight is 452 g/mol. The van der Waals surface area contributed by atoms with Crippen molar-refractivity contribution in [1.29, 1.82) is 0 Å². The number of carbonyl (C=O) groups excluding carboxylic acids is 1. The van der Waals surface area contributed by atoms with Crippen LogP contribution in [0.2, 0.25) is 0 Å². The molecule has 0 saturated carbocycles. The lowest BCUT2D eigenvalue weighted by Gasteiger charge is -2.36. The summed E-state index contributed by atoms with van der Waals surface area (Å²) < 4.78 is 58.4. The zero-order chi connectivity index (χ0) is 22.6. The lowest BCUT2D eigenvalue weighted by molar-refractivity contribution is -0.141. The minimum absolute atomic E-state index is 0.0882. The van der Waals surface area contributed by atoms with Gasteiger partial charge in [-0.15, -0.1) is 0 Å². The second-order valence-electron chi connectivity index (χ2n) is 6.96. The van der Waals surface area contributed by atoms with E-state index < -0.39 is 32.7 Å². The van der Waals surface area contributed by atoms with Gasteiger partial charge >= 0.3 is 5.97 Å². The van der Waals surface area contributed by atoms with Crippen molar-refractivity contribution in [2.24, 2.45) is 0 Å². The van der Waals surface area contributed by atoms with Crippen molar-refractivity contribution in [2.45, 2.75) is 37.6 Å². The molecule has 0 saturated heterocycles. The minimum atomic E-state index is -4.21. The molecule has 1 aliphatic heterocycles. The highest BCUT2D eigenvalue weighted by Crippen LogP contribution is 2.42. The number of methoxy groups -OCH3 is 1. The number of nitrogens with zero attached hydrogens (tertiary/aromatic N) is 1. The second kappa shape index (κ2) is 9.65. The Morgan fingerprint density at radius 1 is 1.13 bits per heavy atom. The number of rotatable bonds is 8. The normalized spacial score (nSPS) is 16.5. The van der Waals surface area contributed by atoms with E-state index in [9.17, 15) is 17.6 Å². The van der Waals surface area contributed by atoms with Crippen LogP contribution >= 0.6 is 0 Å². The van der Waals surface area contributed by atoms with Crippen LogP contribution in [0.1, 0.15) is 37.4 Å². The van der Waals surface area contributed by atoms with E-state index in [4.69, 9.17) is 14.2 Å². The maximum Gasteiger partial charge on any atom is 0.307 e. The Balaban J connectivity index is 2.13. The van der Waals surface area contributed by atoms with E-state index in [1.54, 1.807) is 6.07 Å². The number of esters is 1. The summed E-state index contributed by atoms with van der Waals surface area (Å²) in [6.45, 7) is 4.61. The Kier molecular flexibility index (Phi) is 7.17. The molecule has 1 aliphatic rings. The summed E-state index contributed by atoms with van der Waals surface area (Å²) in [6.07, 6.45) is 0.171. The molecule has 3 rings (SSSR count). The summed E-state index contributed by atoms with van der Waals surface area (Å²) in [4.78, 5) is 11.7. The van der Waals surface area contributed by atoms with Crippen LogP contribution in [0.3, 0.4) is 0 Å². The standard InChI is InChI=1S/C22H26FNO6S/c1-4-29-19-12-15-10-11-24(31(26,27)21-9-7-6-8-17(21)23)18(14-22(25)28-3)16(15)13-20(19)30-5-2/h6-9,12-13,18H,4-5,10-11,14H2,1-3H3/t18-/m0/s1. The molecular formula is C22H26FNO6S. The topological polar surface area (TPSA) is 82.1 Å². The third kappa shape index (κ3) is 4.67. The van der Waals surface area contributed by atoms with Gasteiger partial charge < -0.3 is 14.2 Å². The van der Waals surface area contributed by atoms with Crippen molar-refractivity contribution in [2.75, 3.05) is 26.9 Å². The van der Waals surface area contributed by atoms with Gasteiger partial charge in [0.1, 0.15) is 10.7 Å². The van der Waals surface area contributed by atoms with Gasteiger partial charge in [0.05, 0.1) is 32.8 Å². The van der Waals surface area contributed by atoms with Crippen LogP contribution < -0.4 is 9.47 Å². The Hall–Kier alpha value is -2.65. The second-order valence-corrected chi connectivity index (χ2v) is 8.81. The van der Waals surface area contributed by atoms with Crippen molar-refractivity contribution in [3.8, 4) is 11.5 Å². The van der Waals surface area contributed by atoms with Gasteiger partial charge in [-0.3, -0.25) is 4.79 Å². The predicted octanol–water partition coefficient (Wildman–Crippen LogP) is 3.47. The van der Waals surface area contributed by atoms with Crippen molar-refractivity contribution >= 4 is 16.0 Å². The summed E-state index contributed by atoms with van der Waals surface area (Å²) in [7, 11) is -2.96. The maximum atomic E-state index is 14.4. The number of hydrogen-bond donors (Lipinski definition) is 0. The van der Waals surface area contributed by atoms with Gasteiger partial charge in [0, 0.05) is 6.54 Å². The molecule has 9 heteroatoms. The van der Waals surface area contributed by atoms with Crippen LogP contribution in [0.5, 0.6) is 11.5 Å². The molecule has 7 nitrogen and oxygen atoms in total. The number of benzene rings is 2. The van der Waals surface area contributed by atoms with Crippen molar-refractivity contribution < 1.29 is 31.8 Å². The number of carbonyl (C=O) groups is 1. The SMILES string of the molecule is CCOc1cc2c(cc1OCC)[C@H](CC(=O)OC)N(S(=O)(=O)c1ccccc1F)CC2. The molecule has 0 aromatic heterocycles. The molecule has 168 valence electrons. The van der Waals surface area contributed by atoms with E-state index >= 15 is 0 Å². The quantitative estimate of drug-likeness (QED) is 0.572. The van der Waals surface area contributed by atoms with Crippen LogP contribution in [0.4, 0.5) is 4.39 Å². The Labute approximate surface area is 181 Å². The molecule has 0 aliphatic carbocycles. The molecule has 0 N–H and O–H groups in total. The first-order valence-electron chi connectivity index (χ1n) is 10.1. The van der Waals surface area contributed by atoms with Crippen molar-refractivity contribution in [1.82, 2.24) is 4.31 Å². The van der Waals surface area contributed by atoms with Gasteiger partial charge in [-0.2, -0.15) is 4.31 Å². The summed E-state index contributed by atoms with van der Waals surface area (Å²) in [5.74, 6) is -0.390. The Morgan fingerprint density at radius 3 is 2.39 bits per heavy atom. The molecule has 0 spiro atoms. The third-order valence-electron chi connectivity index (χ3n) is 5.12. The van der Waals surface area contributed by atoms with E-state index in [-0.39, 0.29) is 13.0 Å². The van der Waals surface area contributed by atoms with E-state index in [1.165, 1.54) is 29.6 Å². The molecular weight excluding hydrogens is 425 g/mol. The van der Waals surface area contributed by atoms with Gasteiger partial charge in [-0.1, -0.05) is 12.1 Å². The fourth-order valence-electron chi connectivity index (χ4n) is 3.74. The zero-order valence-electron chi connectivity index (χ0n) is 17.8. The summed E-state index contributed by atoms with van der Waals surface area (Å²) in [6, 6.07) is 7.87. The van der Waals surface area contributed by atoms with Crippen LogP contribution in [-0.2, 0) is 26.0 Å². The summed E-state index contributed by atoms with van der Waals surface area (Å²) in [5.41, 5.74) is 1.46. The number of halogens is 1. The molecule has 1 heterocycles. The molecule has 0 bridgehead atoms. The number of fused-ring (bicyclic) bond motifs is 1. The Morgan fingerprint density at radius 2 is 1.77 bits per heavy atom. The maximum absolute atomic E-state index is 14.4. The van der Waals surface area contributed by atoms with Crippen LogP contribution in [0, 0.1) is 5.82 Å². The van der Waals surface area contributed by atoms with Crippen molar-refractivity contribution in [3.63, 3.8) is 0 Å². The molecule has 2 aromatic rings. The molecule has 2 aromatic carbocycles. The van der Waals surface area contributed by atoms with E-state index in [0.717, 1.165) is 11.6 Å². The zero-order valence-corrected chi connectivity index (χ0v) is 18.6. The number of sulfonamides is 1. The van der Waals surface area contributed by atoms with Gasteiger partial charge in [0.15, 0.2) is 11.5 Å². The summed E-state index contributed by atoms with van der Waals surface area (Å²) in [5, 5.41) is 0. The molecule has 0 radical (unpaired) electrons. The smallest absolute Gasteiger partial charge is 0.307 e. The highest BCUT2D eigenvalue weighted by atomic mass is 32.2. The fraction of sp³-hybridized carbons (Fsp3) is 0.409. The third-order valence-corrected chi connectivity index (χ3v) is 7.07. The minimum Gasteiger partial charge on any atom is -0.490 e. The largest absolute Gasteiger partial charge is 0.490 e. The van der Waals surface area contributed by atoms with Gasteiger partial charge in [-0.05, 0) is 55.7 Å². The lowest BCUT2D eigenvalue weighted by atomic mass is 9.91. The molecule has 0 fully saturated rings. The summed E-state index contributed by atoms with van der Waals surface area (Å²) >= 11 is 0. The first-order valence-corrected chi connectivity index (χ1v) is 11.5. The highest BCUT2D eigenvalue weighted by molar-refractivity contribution is 7.89. The first kappa shape index (κ1) is 23.0. The highest BCUT2D eigenvalue weighted by Gasteiger charge is 2.39. The molecule has 0 unspecified atom stereocenters. The Bertz CT molecular complexity index is 1060. The molecule has 0 amide bonds. The number of ether oxygens (including phenoxy) is 3. The van der Waals surface area contributed by atoms with Crippen molar-refractivity contribution in [3.05, 3.63) is 53.3 Å². The molecule has 31 heavy (non-hydrogen) atoms. The predicted molar refractivity (Wildman–Crippen MR) is 112 cm³/mol. The molecule has 1 atom stereocenters. The average Bonchev–Trinajstić information content (AvgIpc) is 2.74. The first-order chi connectivity index (χ1) is 14.8. The van der Waals surface area contributed by atoms with E-state index in [1.807, 2.05) is 19.9 Å². The number of hydrogen-bond acceptors (Lipinski definition) is 6. The van der Waals surface area contributed by atoms with Crippen LogP contribution in [-0.4, -0.2) is 45.6 Å². The van der Waals surface area contributed by atoms with E-state index in [0.29, 0.717) is 36.7 Å².